The van der Waals surface area contributed by atoms with Gasteiger partial charge in [0.2, 0.25) is 0 Å². The first-order valence-corrected chi connectivity index (χ1v) is 11.4. The number of amides is 1. The molecule has 1 amide bonds. The molecule has 0 bridgehead atoms. The van der Waals surface area contributed by atoms with Gasteiger partial charge in [0.05, 0.1) is 15.1 Å². The lowest BCUT2D eigenvalue weighted by atomic mass is 10.1. The quantitative estimate of drug-likeness (QED) is 0.324. The molecule has 1 aliphatic heterocycles. The van der Waals surface area contributed by atoms with Crippen molar-refractivity contribution in [2.45, 2.75) is 32.5 Å². The lowest BCUT2D eigenvalue weighted by molar-refractivity contribution is -0.139. The number of rotatable bonds is 5. The van der Waals surface area contributed by atoms with E-state index in [-0.39, 0.29) is 61.3 Å². The molecule has 2 atom stereocenters. The highest BCUT2D eigenvalue weighted by molar-refractivity contribution is 6.55. The first-order valence-electron chi connectivity index (χ1n) is 9.52. The third-order valence-electron chi connectivity index (χ3n) is 5.24. The van der Waals surface area contributed by atoms with E-state index in [1.807, 2.05) is 13.8 Å². The molecule has 31 heavy (non-hydrogen) atoms. The monoisotopic (exact) mass is 526 g/mol. The molecule has 2 aromatic carbocycles. The molecule has 1 saturated heterocycles. The molecule has 0 spiro atoms. The number of nitrogens with zero attached hydrogens (tertiary/aromatic N) is 2. The SMILES string of the molecule is C[C@@H]1CN(C(=O)COc2c(Cl)c(Cl)c(Cl)c(Cl)c2Cl)[C@@H](C)CN1Cc1ccc(F)cc1. The Morgan fingerprint density at radius 3 is 2.06 bits per heavy atom. The summed E-state index contributed by atoms with van der Waals surface area (Å²) < 4.78 is 18.7. The molecule has 1 fully saturated rings. The van der Waals surface area contributed by atoms with Crippen LogP contribution < -0.4 is 4.74 Å². The Morgan fingerprint density at radius 1 is 0.935 bits per heavy atom. The van der Waals surface area contributed by atoms with Crippen LogP contribution in [0.1, 0.15) is 19.4 Å². The maximum Gasteiger partial charge on any atom is 0.260 e. The van der Waals surface area contributed by atoms with Gasteiger partial charge in [-0.2, -0.15) is 0 Å². The van der Waals surface area contributed by atoms with Crippen LogP contribution in [0.2, 0.25) is 25.1 Å². The van der Waals surface area contributed by atoms with Crippen LogP contribution in [0.4, 0.5) is 4.39 Å². The third-order valence-corrected chi connectivity index (χ3v) is 7.49. The highest BCUT2D eigenvalue weighted by atomic mass is 35.5. The van der Waals surface area contributed by atoms with Gasteiger partial charge in [0.25, 0.3) is 5.91 Å². The molecule has 1 aliphatic rings. The fraction of sp³-hybridized carbons (Fsp3) is 0.381. The molecule has 2 aromatic rings. The molecule has 0 radical (unpaired) electrons. The smallest absolute Gasteiger partial charge is 0.260 e. The fourth-order valence-electron chi connectivity index (χ4n) is 3.52. The summed E-state index contributed by atoms with van der Waals surface area (Å²) in [4.78, 5) is 16.9. The summed E-state index contributed by atoms with van der Waals surface area (Å²) in [6, 6.07) is 6.51. The van der Waals surface area contributed by atoms with Gasteiger partial charge < -0.3 is 9.64 Å². The molecule has 3 rings (SSSR count). The van der Waals surface area contributed by atoms with E-state index in [1.54, 1.807) is 17.0 Å². The Bertz CT molecular complexity index is 944. The Labute approximate surface area is 205 Å². The molecule has 0 aliphatic carbocycles. The van der Waals surface area contributed by atoms with Crippen LogP contribution in [0.15, 0.2) is 24.3 Å². The van der Waals surface area contributed by atoms with Crippen LogP contribution >= 0.6 is 58.0 Å². The van der Waals surface area contributed by atoms with Crippen molar-refractivity contribution in [2.75, 3.05) is 19.7 Å². The molecule has 0 N–H and O–H groups in total. The van der Waals surface area contributed by atoms with Crippen LogP contribution in [0.3, 0.4) is 0 Å². The largest absolute Gasteiger partial charge is 0.481 e. The van der Waals surface area contributed by atoms with Gasteiger partial charge in [0.1, 0.15) is 15.9 Å². The molecule has 10 heteroatoms. The Morgan fingerprint density at radius 2 is 1.48 bits per heavy atom. The molecule has 0 unspecified atom stereocenters. The highest BCUT2D eigenvalue weighted by Gasteiger charge is 2.32. The van der Waals surface area contributed by atoms with Gasteiger partial charge in [0.15, 0.2) is 12.4 Å². The minimum Gasteiger partial charge on any atom is -0.481 e. The molecule has 0 aromatic heterocycles. The van der Waals surface area contributed by atoms with Crippen LogP contribution in [0, 0.1) is 5.82 Å². The number of piperazine rings is 1. The summed E-state index contributed by atoms with van der Waals surface area (Å²) in [5.74, 6) is -0.453. The van der Waals surface area contributed by atoms with Crippen molar-refractivity contribution in [3.63, 3.8) is 0 Å². The zero-order valence-electron chi connectivity index (χ0n) is 16.8. The number of halogens is 6. The van der Waals surface area contributed by atoms with Crippen LogP contribution in [-0.4, -0.2) is 47.5 Å². The van der Waals surface area contributed by atoms with E-state index in [0.717, 1.165) is 5.56 Å². The van der Waals surface area contributed by atoms with Crippen molar-refractivity contribution in [2.24, 2.45) is 0 Å². The van der Waals surface area contributed by atoms with Gasteiger partial charge in [-0.05, 0) is 31.5 Å². The van der Waals surface area contributed by atoms with E-state index in [2.05, 4.69) is 4.90 Å². The van der Waals surface area contributed by atoms with Crippen LogP contribution in [0.25, 0.3) is 0 Å². The van der Waals surface area contributed by atoms with Crippen molar-refractivity contribution in [1.29, 1.82) is 0 Å². The zero-order chi connectivity index (χ0) is 22.9. The fourth-order valence-corrected chi connectivity index (χ4v) is 4.75. The van der Waals surface area contributed by atoms with Crippen molar-refractivity contribution >= 4 is 63.9 Å². The van der Waals surface area contributed by atoms with E-state index in [1.165, 1.54) is 12.1 Å². The van der Waals surface area contributed by atoms with E-state index in [9.17, 15) is 9.18 Å². The Hall–Kier alpha value is -0.950. The third kappa shape index (κ3) is 5.52. The number of carbonyl (C=O) groups excluding carboxylic acids is 1. The van der Waals surface area contributed by atoms with Crippen LogP contribution in [0.5, 0.6) is 5.75 Å². The second-order valence-corrected chi connectivity index (χ2v) is 9.38. The second-order valence-electron chi connectivity index (χ2n) is 7.49. The topological polar surface area (TPSA) is 32.8 Å². The molecule has 0 saturated carbocycles. The van der Waals surface area contributed by atoms with E-state index >= 15 is 0 Å². The van der Waals surface area contributed by atoms with Gasteiger partial charge in [-0.3, -0.25) is 9.69 Å². The van der Waals surface area contributed by atoms with E-state index < -0.39 is 0 Å². The number of hydrogen-bond acceptors (Lipinski definition) is 3. The molecule has 1 heterocycles. The minimum absolute atomic E-state index is 0.000555. The molecular formula is C21H20Cl5FN2O2. The number of carbonyl (C=O) groups is 1. The highest BCUT2D eigenvalue weighted by Crippen LogP contribution is 2.48. The van der Waals surface area contributed by atoms with Gasteiger partial charge in [-0.25, -0.2) is 4.39 Å². The summed E-state index contributed by atoms with van der Waals surface area (Å²) in [7, 11) is 0. The molecular weight excluding hydrogens is 509 g/mol. The Balaban J connectivity index is 1.64. The van der Waals surface area contributed by atoms with Crippen LogP contribution in [-0.2, 0) is 11.3 Å². The second kappa shape index (κ2) is 10.3. The first kappa shape index (κ1) is 24.7. The predicted molar refractivity (Wildman–Crippen MR) is 124 cm³/mol. The normalized spacial score (nSPS) is 19.5. The van der Waals surface area contributed by atoms with E-state index in [0.29, 0.717) is 19.6 Å². The Kier molecular flexibility index (Phi) is 8.22. The standard InChI is InChI=1S/C21H20Cl5FN2O2/c1-11-8-29(12(2)7-28(11)9-13-3-5-14(27)6-4-13)15(30)10-31-21-19(25)17(23)16(22)18(24)20(21)26/h3-6,11-12H,7-10H2,1-2H3/t11-,12+/m1/s1. The minimum atomic E-state index is -0.275. The summed E-state index contributed by atoms with van der Waals surface area (Å²) in [5, 5.41) is 0.0451. The number of ether oxygens (including phenoxy) is 1. The first-order chi connectivity index (χ1) is 14.6. The molecule has 4 nitrogen and oxygen atoms in total. The predicted octanol–water partition coefficient (Wildman–Crippen LogP) is 6.59. The summed E-state index contributed by atoms with van der Waals surface area (Å²) in [6.07, 6.45) is 0. The summed E-state index contributed by atoms with van der Waals surface area (Å²) >= 11 is 30.4. The van der Waals surface area contributed by atoms with Crippen molar-refractivity contribution in [3.8, 4) is 5.75 Å². The van der Waals surface area contributed by atoms with Gasteiger partial charge in [-0.15, -0.1) is 0 Å². The average Bonchev–Trinajstić information content (AvgIpc) is 2.74. The number of hydrogen-bond donors (Lipinski definition) is 0. The maximum atomic E-state index is 13.1. The average molecular weight is 529 g/mol. The van der Waals surface area contributed by atoms with Gasteiger partial charge in [-0.1, -0.05) is 70.1 Å². The van der Waals surface area contributed by atoms with Crippen molar-refractivity contribution in [3.05, 3.63) is 60.8 Å². The van der Waals surface area contributed by atoms with Crippen molar-refractivity contribution < 1.29 is 13.9 Å². The maximum absolute atomic E-state index is 13.1. The van der Waals surface area contributed by atoms with E-state index in [4.69, 9.17) is 62.7 Å². The number of benzene rings is 2. The summed E-state index contributed by atoms with van der Waals surface area (Å²) in [6.45, 7) is 5.61. The van der Waals surface area contributed by atoms with Gasteiger partial charge >= 0.3 is 0 Å². The summed E-state index contributed by atoms with van der Waals surface area (Å²) in [5.41, 5.74) is 1.02. The van der Waals surface area contributed by atoms with Gasteiger partial charge in [0, 0.05) is 31.7 Å². The molecule has 168 valence electrons. The lowest BCUT2D eigenvalue weighted by Gasteiger charge is -2.44. The van der Waals surface area contributed by atoms with Crippen molar-refractivity contribution in [1.82, 2.24) is 9.80 Å². The lowest BCUT2D eigenvalue weighted by Crippen LogP contribution is -2.58. The zero-order valence-corrected chi connectivity index (χ0v) is 20.6.